The maximum Gasteiger partial charge on any atom is 0.210 e. The van der Waals surface area contributed by atoms with Crippen LogP contribution < -0.4 is 14.5 Å². The van der Waals surface area contributed by atoms with Crippen LogP contribution in [-0.4, -0.2) is 46.7 Å². The first kappa shape index (κ1) is 23.2. The highest BCUT2D eigenvalue weighted by Gasteiger charge is 2.29. The molecule has 0 aliphatic carbocycles. The number of aromatic nitrogens is 1. The molecule has 0 spiro atoms. The zero-order chi connectivity index (χ0) is 24.4. The Morgan fingerprint density at radius 2 is 1.51 bits per heavy atom. The van der Waals surface area contributed by atoms with E-state index >= 15 is 0 Å². The van der Waals surface area contributed by atoms with Gasteiger partial charge in [-0.25, -0.2) is 8.42 Å². The van der Waals surface area contributed by atoms with E-state index in [1.165, 1.54) is 6.20 Å². The molecular weight excluding hydrogens is 458 g/mol. The fourth-order valence-electron chi connectivity index (χ4n) is 4.72. The van der Waals surface area contributed by atoms with E-state index in [0.717, 1.165) is 53.1 Å². The minimum atomic E-state index is -3.75. The Morgan fingerprint density at radius 1 is 0.857 bits per heavy atom. The Balaban J connectivity index is 1.54. The Bertz CT molecular complexity index is 1440. The lowest BCUT2D eigenvalue weighted by atomic mass is 10.1. The van der Waals surface area contributed by atoms with E-state index in [9.17, 15) is 8.42 Å². The minimum absolute atomic E-state index is 0.256. The van der Waals surface area contributed by atoms with Crippen LogP contribution in [0.25, 0.3) is 10.9 Å². The quantitative estimate of drug-likeness (QED) is 0.383. The summed E-state index contributed by atoms with van der Waals surface area (Å²) in [7, 11) is -2.07. The number of piperazine rings is 1. The molecule has 1 aliphatic rings. The predicted octanol–water partition coefficient (Wildman–Crippen LogP) is 4.97. The van der Waals surface area contributed by atoms with Crippen LogP contribution in [0.15, 0.2) is 88.8 Å². The average molecular weight is 488 g/mol. The number of nitrogens with zero attached hydrogens (tertiary/aromatic N) is 3. The summed E-state index contributed by atoms with van der Waals surface area (Å²) in [6, 6.07) is 22.9. The average Bonchev–Trinajstić information content (AvgIpc) is 2.92. The molecule has 2 heterocycles. The summed E-state index contributed by atoms with van der Waals surface area (Å²) in [4.78, 5) is 9.53. The summed E-state index contributed by atoms with van der Waals surface area (Å²) in [6.45, 7) is 4.93. The molecule has 7 heteroatoms. The highest BCUT2D eigenvalue weighted by atomic mass is 32.2. The number of hydrogen-bond acceptors (Lipinski definition) is 6. The van der Waals surface area contributed by atoms with Gasteiger partial charge < -0.3 is 14.5 Å². The van der Waals surface area contributed by atoms with E-state index in [0.29, 0.717) is 18.0 Å². The molecule has 6 nitrogen and oxygen atoms in total. The molecule has 3 aromatic carbocycles. The molecule has 180 valence electrons. The topological polar surface area (TPSA) is 62.7 Å². The van der Waals surface area contributed by atoms with Gasteiger partial charge in [0.05, 0.1) is 28.9 Å². The third-order valence-electron chi connectivity index (χ3n) is 6.67. The van der Waals surface area contributed by atoms with Crippen LogP contribution in [0.2, 0.25) is 0 Å². The van der Waals surface area contributed by atoms with Gasteiger partial charge in [0.2, 0.25) is 9.84 Å². The lowest BCUT2D eigenvalue weighted by molar-refractivity contribution is 0.413. The molecule has 1 aliphatic heterocycles. The van der Waals surface area contributed by atoms with E-state index in [1.807, 2.05) is 54.6 Å². The second-order valence-corrected chi connectivity index (χ2v) is 10.6. The number of para-hydroxylation sites is 3. The van der Waals surface area contributed by atoms with Gasteiger partial charge in [-0.15, -0.1) is 0 Å². The first-order valence-electron chi connectivity index (χ1n) is 11.9. The van der Waals surface area contributed by atoms with E-state index in [-0.39, 0.29) is 4.90 Å². The number of fused-ring (bicyclic) bond motifs is 1. The maximum absolute atomic E-state index is 13.8. The third-order valence-corrected chi connectivity index (χ3v) is 8.44. The van der Waals surface area contributed by atoms with E-state index < -0.39 is 9.84 Å². The minimum Gasteiger partial charge on any atom is -0.495 e. The SMILES string of the molecule is CCc1ccc(S(=O)(=O)c2cnc3ccccc3c2N2CCN(c3ccccc3OC)CC2)cc1. The van der Waals surface area contributed by atoms with Crippen molar-refractivity contribution in [1.82, 2.24) is 4.98 Å². The molecule has 0 amide bonds. The molecular formula is C28H29N3O3S. The second kappa shape index (κ2) is 9.58. The summed E-state index contributed by atoms with van der Waals surface area (Å²) < 4.78 is 33.2. The monoisotopic (exact) mass is 487 g/mol. The lowest BCUT2D eigenvalue weighted by Gasteiger charge is -2.38. The van der Waals surface area contributed by atoms with Crippen LogP contribution >= 0.6 is 0 Å². The largest absolute Gasteiger partial charge is 0.495 e. The van der Waals surface area contributed by atoms with Gasteiger partial charge in [-0.2, -0.15) is 0 Å². The van der Waals surface area contributed by atoms with Crippen molar-refractivity contribution in [3.05, 3.63) is 84.6 Å². The van der Waals surface area contributed by atoms with Crippen LogP contribution in [-0.2, 0) is 16.3 Å². The number of benzene rings is 3. The first-order valence-corrected chi connectivity index (χ1v) is 13.4. The predicted molar refractivity (Wildman–Crippen MR) is 140 cm³/mol. The van der Waals surface area contributed by atoms with Crippen LogP contribution in [0.5, 0.6) is 5.75 Å². The fraction of sp³-hybridized carbons (Fsp3) is 0.250. The Morgan fingerprint density at radius 3 is 2.23 bits per heavy atom. The van der Waals surface area contributed by atoms with Crippen LogP contribution in [0, 0.1) is 0 Å². The van der Waals surface area contributed by atoms with Crippen molar-refractivity contribution in [2.75, 3.05) is 43.1 Å². The molecule has 5 rings (SSSR count). The molecule has 0 bridgehead atoms. The van der Waals surface area contributed by atoms with Gasteiger partial charge in [-0.1, -0.05) is 49.4 Å². The number of pyridine rings is 1. The molecule has 35 heavy (non-hydrogen) atoms. The van der Waals surface area contributed by atoms with E-state index in [2.05, 4.69) is 27.8 Å². The molecule has 1 fully saturated rings. The fourth-order valence-corrected chi connectivity index (χ4v) is 6.16. The standard InChI is InChI=1S/C28H29N3O3S/c1-3-21-12-14-22(15-13-21)35(32,33)27-20-29-24-9-5-4-8-23(24)28(27)31-18-16-30(17-19-31)25-10-6-7-11-26(25)34-2/h4-15,20H,3,16-19H2,1-2H3. The van der Waals surface area contributed by atoms with Gasteiger partial charge in [-0.3, -0.25) is 4.98 Å². The molecule has 0 N–H and O–H groups in total. The number of sulfone groups is 1. The van der Waals surface area contributed by atoms with Crippen molar-refractivity contribution in [2.24, 2.45) is 0 Å². The van der Waals surface area contributed by atoms with Crippen LogP contribution in [0.3, 0.4) is 0 Å². The lowest BCUT2D eigenvalue weighted by Crippen LogP contribution is -2.47. The van der Waals surface area contributed by atoms with Gasteiger partial charge in [0.15, 0.2) is 0 Å². The maximum atomic E-state index is 13.8. The summed E-state index contributed by atoms with van der Waals surface area (Å²) in [5.41, 5.74) is 3.68. The van der Waals surface area contributed by atoms with Crippen molar-refractivity contribution in [3.63, 3.8) is 0 Å². The van der Waals surface area contributed by atoms with Crippen molar-refractivity contribution in [2.45, 2.75) is 23.1 Å². The van der Waals surface area contributed by atoms with Crippen molar-refractivity contribution >= 4 is 32.1 Å². The van der Waals surface area contributed by atoms with E-state index in [4.69, 9.17) is 4.74 Å². The highest BCUT2D eigenvalue weighted by Crippen LogP contribution is 2.37. The first-order chi connectivity index (χ1) is 17.0. The van der Waals surface area contributed by atoms with Gasteiger partial charge in [0.25, 0.3) is 0 Å². The number of anilines is 2. The van der Waals surface area contributed by atoms with Gasteiger partial charge >= 0.3 is 0 Å². The van der Waals surface area contributed by atoms with Gasteiger partial charge in [0, 0.05) is 37.8 Å². The number of aryl methyl sites for hydroxylation is 1. The number of hydrogen-bond donors (Lipinski definition) is 0. The zero-order valence-corrected chi connectivity index (χ0v) is 20.8. The zero-order valence-electron chi connectivity index (χ0n) is 20.0. The molecule has 0 unspecified atom stereocenters. The smallest absolute Gasteiger partial charge is 0.210 e. The highest BCUT2D eigenvalue weighted by molar-refractivity contribution is 7.91. The molecule has 0 radical (unpaired) electrons. The molecule has 0 atom stereocenters. The van der Waals surface area contributed by atoms with Gasteiger partial charge in [0.1, 0.15) is 10.6 Å². The van der Waals surface area contributed by atoms with Crippen molar-refractivity contribution in [3.8, 4) is 5.75 Å². The number of methoxy groups -OCH3 is 1. The summed E-state index contributed by atoms with van der Waals surface area (Å²) in [6.07, 6.45) is 2.38. The third kappa shape index (κ3) is 4.32. The van der Waals surface area contributed by atoms with E-state index in [1.54, 1.807) is 19.2 Å². The Kier molecular flexibility index (Phi) is 6.34. The van der Waals surface area contributed by atoms with Crippen molar-refractivity contribution in [1.29, 1.82) is 0 Å². The molecule has 0 saturated carbocycles. The molecule has 1 aromatic heterocycles. The van der Waals surface area contributed by atoms with Crippen LogP contribution in [0.4, 0.5) is 11.4 Å². The second-order valence-electron chi connectivity index (χ2n) is 8.64. The number of ether oxygens (including phenoxy) is 1. The Hall–Kier alpha value is -3.58. The Labute approximate surface area is 206 Å². The summed E-state index contributed by atoms with van der Waals surface area (Å²) >= 11 is 0. The normalized spacial score (nSPS) is 14.3. The number of rotatable bonds is 6. The summed E-state index contributed by atoms with van der Waals surface area (Å²) in [5.74, 6) is 0.842. The van der Waals surface area contributed by atoms with Crippen molar-refractivity contribution < 1.29 is 13.2 Å². The van der Waals surface area contributed by atoms with Crippen LogP contribution in [0.1, 0.15) is 12.5 Å². The van der Waals surface area contributed by atoms with Gasteiger partial charge in [-0.05, 0) is 42.3 Å². The molecule has 1 saturated heterocycles. The summed E-state index contributed by atoms with van der Waals surface area (Å²) in [5, 5.41) is 0.851. The molecule has 4 aromatic rings.